The molecule has 5 nitrogen and oxygen atoms in total. The van der Waals surface area contributed by atoms with Gasteiger partial charge in [0.2, 0.25) is 5.89 Å². The van der Waals surface area contributed by atoms with E-state index in [1.165, 1.54) is 32.4 Å². The Kier molecular flexibility index (Phi) is 4.45. The van der Waals surface area contributed by atoms with Gasteiger partial charge in [0.05, 0.1) is 6.61 Å². The van der Waals surface area contributed by atoms with E-state index in [1.807, 2.05) is 0 Å². The molecule has 0 N–H and O–H groups in total. The zero-order valence-corrected chi connectivity index (χ0v) is 11.5. The van der Waals surface area contributed by atoms with E-state index in [9.17, 15) is 0 Å². The van der Waals surface area contributed by atoms with Crippen LogP contribution in [-0.4, -0.2) is 47.9 Å². The molecule has 1 atom stereocenters. The molecule has 2 saturated heterocycles. The lowest BCUT2D eigenvalue weighted by atomic mass is 10.1. The van der Waals surface area contributed by atoms with Gasteiger partial charge in [-0.1, -0.05) is 11.6 Å². The first-order valence-corrected chi connectivity index (χ1v) is 7.54. The minimum atomic E-state index is 0.347. The van der Waals surface area contributed by atoms with Crippen molar-refractivity contribution in [2.45, 2.75) is 44.4 Å². The van der Waals surface area contributed by atoms with Crippen molar-refractivity contribution in [3.63, 3.8) is 0 Å². The molecule has 1 aromatic rings. The summed E-state index contributed by atoms with van der Waals surface area (Å²) in [6.45, 7) is 5.24. The molecule has 1 unspecified atom stereocenters. The lowest BCUT2D eigenvalue weighted by molar-refractivity contribution is 0.192. The van der Waals surface area contributed by atoms with Crippen molar-refractivity contribution in [1.29, 1.82) is 0 Å². The van der Waals surface area contributed by atoms with Crippen molar-refractivity contribution < 1.29 is 9.26 Å². The van der Waals surface area contributed by atoms with Crippen LogP contribution in [0.15, 0.2) is 4.52 Å². The topological polar surface area (TPSA) is 51.4 Å². The van der Waals surface area contributed by atoms with E-state index in [-0.39, 0.29) is 0 Å². The summed E-state index contributed by atoms with van der Waals surface area (Å²) in [6, 6.07) is 0. The first-order chi connectivity index (χ1) is 9.42. The van der Waals surface area contributed by atoms with E-state index in [1.54, 1.807) is 0 Å². The van der Waals surface area contributed by atoms with Gasteiger partial charge in [-0.05, 0) is 45.3 Å². The van der Waals surface area contributed by atoms with Crippen LogP contribution in [0, 0.1) is 0 Å². The molecule has 106 valence electrons. The normalized spacial score (nSPS) is 24.9. The summed E-state index contributed by atoms with van der Waals surface area (Å²) in [7, 11) is 0. The summed E-state index contributed by atoms with van der Waals surface area (Å²) in [5.74, 6) is 1.98. The lowest BCUT2D eigenvalue weighted by Gasteiger charge is -2.25. The van der Waals surface area contributed by atoms with E-state index in [2.05, 4.69) is 15.0 Å². The Morgan fingerprint density at radius 3 is 2.89 bits per heavy atom. The average Bonchev–Trinajstić information content (AvgIpc) is 3.10. The predicted molar refractivity (Wildman–Crippen MR) is 71.1 cm³/mol. The number of nitrogens with zero attached hydrogens (tertiary/aromatic N) is 3. The third-order valence-electron chi connectivity index (χ3n) is 4.09. The summed E-state index contributed by atoms with van der Waals surface area (Å²) in [4.78, 5) is 7.05. The van der Waals surface area contributed by atoms with Gasteiger partial charge in [0.25, 0.3) is 0 Å². The monoisotopic (exact) mass is 265 g/mol. The molecular weight excluding hydrogens is 242 g/mol. The van der Waals surface area contributed by atoms with Gasteiger partial charge in [0.15, 0.2) is 5.82 Å². The first kappa shape index (κ1) is 13.1. The van der Waals surface area contributed by atoms with Crippen LogP contribution in [0.2, 0.25) is 0 Å². The molecule has 0 amide bonds. The van der Waals surface area contributed by atoms with E-state index in [4.69, 9.17) is 9.26 Å². The summed E-state index contributed by atoms with van der Waals surface area (Å²) >= 11 is 0. The van der Waals surface area contributed by atoms with Gasteiger partial charge >= 0.3 is 0 Å². The average molecular weight is 265 g/mol. The highest BCUT2D eigenvalue weighted by molar-refractivity contribution is 4.97. The Hall–Kier alpha value is -0.940. The van der Waals surface area contributed by atoms with E-state index in [0.29, 0.717) is 5.92 Å². The van der Waals surface area contributed by atoms with Crippen LogP contribution >= 0.6 is 0 Å². The van der Waals surface area contributed by atoms with Crippen LogP contribution in [0.5, 0.6) is 0 Å². The number of ether oxygens (including phenoxy) is 1. The molecule has 0 aliphatic carbocycles. The highest BCUT2D eigenvalue weighted by Crippen LogP contribution is 2.22. The van der Waals surface area contributed by atoms with Crippen molar-refractivity contribution in [2.24, 2.45) is 0 Å². The van der Waals surface area contributed by atoms with Crippen LogP contribution < -0.4 is 0 Å². The second-order valence-electron chi connectivity index (χ2n) is 5.61. The molecule has 0 bridgehead atoms. The molecule has 19 heavy (non-hydrogen) atoms. The molecule has 0 aromatic carbocycles. The van der Waals surface area contributed by atoms with Crippen molar-refractivity contribution in [3.05, 3.63) is 11.7 Å². The second-order valence-corrected chi connectivity index (χ2v) is 5.61. The summed E-state index contributed by atoms with van der Waals surface area (Å²) in [5.41, 5.74) is 0. The third kappa shape index (κ3) is 3.54. The van der Waals surface area contributed by atoms with Crippen molar-refractivity contribution >= 4 is 0 Å². The maximum Gasteiger partial charge on any atom is 0.226 e. The molecule has 5 heteroatoms. The quantitative estimate of drug-likeness (QED) is 0.815. The van der Waals surface area contributed by atoms with Crippen LogP contribution in [-0.2, 0) is 11.2 Å². The number of aromatic nitrogens is 2. The Morgan fingerprint density at radius 2 is 2.11 bits per heavy atom. The number of aryl methyl sites for hydroxylation is 1. The third-order valence-corrected chi connectivity index (χ3v) is 4.09. The molecule has 2 aliphatic rings. The Balaban J connectivity index is 1.42. The molecular formula is C14H23N3O2. The fourth-order valence-corrected chi connectivity index (χ4v) is 2.91. The summed E-state index contributed by atoms with van der Waals surface area (Å²) < 4.78 is 10.7. The Bertz CT molecular complexity index is 382. The molecule has 0 spiro atoms. The van der Waals surface area contributed by atoms with Crippen LogP contribution in [0.1, 0.15) is 49.7 Å². The number of piperidine rings is 1. The molecule has 3 heterocycles. The van der Waals surface area contributed by atoms with Crippen LogP contribution in [0.3, 0.4) is 0 Å². The van der Waals surface area contributed by atoms with Gasteiger partial charge in [0, 0.05) is 18.9 Å². The van der Waals surface area contributed by atoms with E-state index < -0.39 is 0 Å². The standard InChI is InChI=1S/C14H23N3O2/c1-2-7-17(8-3-1)9-4-5-13-15-14(16-19-13)12-6-10-18-11-12/h12H,1-11H2. The van der Waals surface area contributed by atoms with Crippen molar-refractivity contribution in [2.75, 3.05) is 32.8 Å². The number of hydrogen-bond acceptors (Lipinski definition) is 5. The fraction of sp³-hybridized carbons (Fsp3) is 0.857. The second kappa shape index (κ2) is 6.48. The molecule has 2 fully saturated rings. The van der Waals surface area contributed by atoms with Crippen molar-refractivity contribution in [1.82, 2.24) is 15.0 Å². The van der Waals surface area contributed by atoms with E-state index >= 15 is 0 Å². The number of rotatable bonds is 5. The lowest BCUT2D eigenvalue weighted by Crippen LogP contribution is -2.30. The van der Waals surface area contributed by atoms with E-state index in [0.717, 1.165) is 50.7 Å². The largest absolute Gasteiger partial charge is 0.381 e. The van der Waals surface area contributed by atoms with Gasteiger partial charge in [0.1, 0.15) is 0 Å². The zero-order chi connectivity index (χ0) is 12.9. The maximum absolute atomic E-state index is 5.35. The molecule has 1 aromatic heterocycles. The molecule has 2 aliphatic heterocycles. The smallest absolute Gasteiger partial charge is 0.226 e. The number of likely N-dealkylation sites (tertiary alicyclic amines) is 1. The Morgan fingerprint density at radius 1 is 1.21 bits per heavy atom. The number of hydrogen-bond donors (Lipinski definition) is 0. The van der Waals surface area contributed by atoms with Gasteiger partial charge < -0.3 is 14.2 Å². The first-order valence-electron chi connectivity index (χ1n) is 7.54. The van der Waals surface area contributed by atoms with Crippen molar-refractivity contribution in [3.8, 4) is 0 Å². The summed E-state index contributed by atoms with van der Waals surface area (Å²) in [6.07, 6.45) is 7.14. The summed E-state index contributed by atoms with van der Waals surface area (Å²) in [5, 5.41) is 4.08. The molecule has 0 radical (unpaired) electrons. The van der Waals surface area contributed by atoms with Crippen LogP contribution in [0.25, 0.3) is 0 Å². The predicted octanol–water partition coefficient (Wildman–Crippen LogP) is 1.99. The minimum Gasteiger partial charge on any atom is -0.381 e. The zero-order valence-electron chi connectivity index (χ0n) is 11.5. The van der Waals surface area contributed by atoms with Crippen LogP contribution in [0.4, 0.5) is 0 Å². The van der Waals surface area contributed by atoms with Gasteiger partial charge in [-0.2, -0.15) is 4.98 Å². The highest BCUT2D eigenvalue weighted by atomic mass is 16.5. The highest BCUT2D eigenvalue weighted by Gasteiger charge is 2.23. The maximum atomic E-state index is 5.35. The minimum absolute atomic E-state index is 0.347. The Labute approximate surface area is 114 Å². The van der Waals surface area contributed by atoms with Gasteiger partial charge in [-0.15, -0.1) is 0 Å². The fourth-order valence-electron chi connectivity index (χ4n) is 2.91. The van der Waals surface area contributed by atoms with Gasteiger partial charge in [-0.25, -0.2) is 0 Å². The molecule has 3 rings (SSSR count). The SMILES string of the molecule is C1CCN(CCCc2nc(C3CCOC3)no2)CC1. The molecule has 0 saturated carbocycles. The van der Waals surface area contributed by atoms with Gasteiger partial charge in [-0.3, -0.25) is 0 Å².